The van der Waals surface area contributed by atoms with Crippen molar-refractivity contribution in [3.8, 4) is 5.88 Å². The molecule has 1 atom stereocenters. The SMILES string of the molecule is COc1ncccc1C(=O)NCCC(=O)NC1CCS(=O)(=O)C1. The van der Waals surface area contributed by atoms with Crippen LogP contribution in [0.25, 0.3) is 0 Å². The lowest BCUT2D eigenvalue weighted by molar-refractivity contribution is -0.121. The number of nitrogens with zero attached hydrogens (tertiary/aromatic N) is 1. The van der Waals surface area contributed by atoms with Gasteiger partial charge in [0.25, 0.3) is 5.91 Å². The molecule has 1 aliphatic rings. The van der Waals surface area contributed by atoms with Crippen LogP contribution in [0.1, 0.15) is 23.2 Å². The molecule has 1 aromatic heterocycles. The maximum atomic E-state index is 12.0. The van der Waals surface area contributed by atoms with Crippen molar-refractivity contribution in [1.82, 2.24) is 15.6 Å². The van der Waals surface area contributed by atoms with Crippen LogP contribution in [-0.4, -0.2) is 56.4 Å². The number of aromatic nitrogens is 1. The van der Waals surface area contributed by atoms with Crippen molar-refractivity contribution < 1.29 is 22.7 Å². The number of carbonyl (C=O) groups excluding carboxylic acids is 2. The molecule has 9 heteroatoms. The lowest BCUT2D eigenvalue weighted by atomic mass is 10.2. The molecule has 126 valence electrons. The van der Waals surface area contributed by atoms with E-state index in [0.717, 1.165) is 0 Å². The smallest absolute Gasteiger partial charge is 0.256 e. The predicted octanol–water partition coefficient (Wildman–Crippen LogP) is -0.487. The van der Waals surface area contributed by atoms with Gasteiger partial charge in [0.2, 0.25) is 11.8 Å². The van der Waals surface area contributed by atoms with E-state index >= 15 is 0 Å². The summed E-state index contributed by atoms with van der Waals surface area (Å²) < 4.78 is 27.6. The summed E-state index contributed by atoms with van der Waals surface area (Å²) >= 11 is 0. The zero-order valence-corrected chi connectivity index (χ0v) is 13.6. The van der Waals surface area contributed by atoms with Crippen molar-refractivity contribution in [1.29, 1.82) is 0 Å². The highest BCUT2D eigenvalue weighted by atomic mass is 32.2. The van der Waals surface area contributed by atoms with Crippen LogP contribution in [0.5, 0.6) is 5.88 Å². The van der Waals surface area contributed by atoms with Crippen LogP contribution in [0.15, 0.2) is 18.3 Å². The summed E-state index contributed by atoms with van der Waals surface area (Å²) in [6.45, 7) is 0.141. The van der Waals surface area contributed by atoms with Crippen LogP contribution in [0.3, 0.4) is 0 Å². The Morgan fingerprint density at radius 1 is 1.43 bits per heavy atom. The molecule has 2 heterocycles. The summed E-state index contributed by atoms with van der Waals surface area (Å²) in [4.78, 5) is 27.7. The van der Waals surface area contributed by atoms with Gasteiger partial charge in [0.15, 0.2) is 9.84 Å². The highest BCUT2D eigenvalue weighted by Gasteiger charge is 2.28. The van der Waals surface area contributed by atoms with Crippen LogP contribution >= 0.6 is 0 Å². The number of ether oxygens (including phenoxy) is 1. The molecule has 23 heavy (non-hydrogen) atoms. The van der Waals surface area contributed by atoms with Gasteiger partial charge < -0.3 is 15.4 Å². The van der Waals surface area contributed by atoms with Gasteiger partial charge in [-0.1, -0.05) is 0 Å². The Morgan fingerprint density at radius 2 is 2.22 bits per heavy atom. The Bertz CT molecular complexity index is 689. The maximum absolute atomic E-state index is 12.0. The van der Waals surface area contributed by atoms with Crippen LogP contribution in [0.2, 0.25) is 0 Å². The second-order valence-corrected chi connectivity index (χ2v) is 7.46. The van der Waals surface area contributed by atoms with Gasteiger partial charge in [-0.25, -0.2) is 13.4 Å². The van der Waals surface area contributed by atoms with E-state index in [9.17, 15) is 18.0 Å². The number of rotatable bonds is 6. The number of carbonyl (C=O) groups is 2. The second kappa shape index (κ2) is 7.40. The Labute approximate surface area is 134 Å². The van der Waals surface area contributed by atoms with E-state index in [1.165, 1.54) is 13.3 Å². The maximum Gasteiger partial charge on any atom is 0.256 e. The first-order chi connectivity index (χ1) is 10.9. The molecule has 1 saturated heterocycles. The van der Waals surface area contributed by atoms with Crippen LogP contribution in [0.4, 0.5) is 0 Å². The van der Waals surface area contributed by atoms with Gasteiger partial charge >= 0.3 is 0 Å². The minimum absolute atomic E-state index is 0.0159. The molecule has 0 radical (unpaired) electrons. The quantitative estimate of drug-likeness (QED) is 0.722. The van der Waals surface area contributed by atoms with E-state index in [0.29, 0.717) is 6.42 Å². The van der Waals surface area contributed by atoms with Crippen LogP contribution in [0, 0.1) is 0 Å². The largest absolute Gasteiger partial charge is 0.480 e. The lowest BCUT2D eigenvalue weighted by Gasteiger charge is -2.11. The average molecular weight is 341 g/mol. The second-order valence-electron chi connectivity index (χ2n) is 5.23. The molecule has 0 spiro atoms. The number of hydrogen-bond donors (Lipinski definition) is 2. The van der Waals surface area contributed by atoms with Crippen molar-refractivity contribution in [3.05, 3.63) is 23.9 Å². The molecule has 0 aliphatic carbocycles. The van der Waals surface area contributed by atoms with Gasteiger partial charge in [0.05, 0.1) is 18.6 Å². The lowest BCUT2D eigenvalue weighted by Crippen LogP contribution is -2.37. The minimum Gasteiger partial charge on any atom is -0.480 e. The van der Waals surface area contributed by atoms with Gasteiger partial charge in [0.1, 0.15) is 5.56 Å². The first-order valence-electron chi connectivity index (χ1n) is 7.18. The summed E-state index contributed by atoms with van der Waals surface area (Å²) in [6.07, 6.45) is 2.02. The van der Waals surface area contributed by atoms with E-state index in [4.69, 9.17) is 4.74 Å². The third-order valence-corrected chi connectivity index (χ3v) is 5.21. The number of sulfone groups is 1. The first-order valence-corrected chi connectivity index (χ1v) is 9.00. The first kappa shape index (κ1) is 17.2. The molecule has 1 unspecified atom stereocenters. The molecular formula is C14H19N3O5S. The Balaban J connectivity index is 1.76. The van der Waals surface area contributed by atoms with E-state index < -0.39 is 9.84 Å². The van der Waals surface area contributed by atoms with Crippen LogP contribution in [-0.2, 0) is 14.6 Å². The van der Waals surface area contributed by atoms with Crippen molar-refractivity contribution in [2.75, 3.05) is 25.2 Å². The highest BCUT2D eigenvalue weighted by molar-refractivity contribution is 7.91. The Hall–Kier alpha value is -2.16. The summed E-state index contributed by atoms with van der Waals surface area (Å²) in [6, 6.07) is 2.86. The van der Waals surface area contributed by atoms with Gasteiger partial charge in [-0.05, 0) is 18.6 Å². The summed E-state index contributed by atoms with van der Waals surface area (Å²) in [5.41, 5.74) is 0.289. The normalized spacial score (nSPS) is 19.1. The van der Waals surface area contributed by atoms with Gasteiger partial charge in [-0.15, -0.1) is 0 Å². The van der Waals surface area contributed by atoms with Gasteiger partial charge in [0, 0.05) is 25.2 Å². The molecule has 2 amide bonds. The van der Waals surface area contributed by atoms with E-state index in [-0.39, 0.29) is 53.8 Å². The third-order valence-electron chi connectivity index (χ3n) is 3.44. The molecule has 1 aliphatic heterocycles. The zero-order valence-electron chi connectivity index (χ0n) is 12.7. The third kappa shape index (κ3) is 4.92. The summed E-state index contributed by atoms with van der Waals surface area (Å²) in [5.74, 6) is -0.365. The van der Waals surface area contributed by atoms with E-state index in [2.05, 4.69) is 15.6 Å². The molecule has 1 fully saturated rings. The monoisotopic (exact) mass is 341 g/mol. The fourth-order valence-corrected chi connectivity index (χ4v) is 3.99. The standard InChI is InChI=1S/C14H19N3O5S/c1-22-14-11(3-2-6-16-14)13(19)15-7-4-12(18)17-10-5-8-23(20,21)9-10/h2-3,6,10H,4-5,7-9H2,1H3,(H,15,19)(H,17,18). The fraction of sp³-hybridized carbons (Fsp3) is 0.500. The summed E-state index contributed by atoms with van der Waals surface area (Å²) in [7, 11) is -1.61. The number of nitrogens with one attached hydrogen (secondary N) is 2. The molecule has 2 rings (SSSR count). The molecule has 0 aromatic carbocycles. The number of methoxy groups -OCH3 is 1. The van der Waals surface area contributed by atoms with E-state index in [1.54, 1.807) is 12.1 Å². The molecule has 0 saturated carbocycles. The van der Waals surface area contributed by atoms with Gasteiger partial charge in [-0.2, -0.15) is 0 Å². The van der Waals surface area contributed by atoms with Crippen molar-refractivity contribution in [2.45, 2.75) is 18.9 Å². The molecular weight excluding hydrogens is 322 g/mol. The molecule has 0 bridgehead atoms. The molecule has 8 nitrogen and oxygen atoms in total. The zero-order chi connectivity index (χ0) is 16.9. The average Bonchev–Trinajstić information content (AvgIpc) is 2.85. The molecule has 1 aromatic rings. The minimum atomic E-state index is -3.02. The van der Waals surface area contributed by atoms with E-state index in [1.807, 2.05) is 0 Å². The fourth-order valence-electron chi connectivity index (χ4n) is 2.32. The summed E-state index contributed by atoms with van der Waals surface area (Å²) in [5, 5.41) is 5.27. The number of amides is 2. The Kier molecular flexibility index (Phi) is 5.54. The highest BCUT2D eigenvalue weighted by Crippen LogP contribution is 2.13. The van der Waals surface area contributed by atoms with Crippen molar-refractivity contribution in [2.24, 2.45) is 0 Å². The molecule has 2 N–H and O–H groups in total. The number of pyridine rings is 1. The van der Waals surface area contributed by atoms with Crippen LogP contribution < -0.4 is 15.4 Å². The van der Waals surface area contributed by atoms with Crippen molar-refractivity contribution in [3.63, 3.8) is 0 Å². The topological polar surface area (TPSA) is 114 Å². The Morgan fingerprint density at radius 3 is 2.87 bits per heavy atom. The van der Waals surface area contributed by atoms with Crippen molar-refractivity contribution >= 4 is 21.7 Å². The predicted molar refractivity (Wildman–Crippen MR) is 82.9 cm³/mol. The van der Waals surface area contributed by atoms with Gasteiger partial charge in [-0.3, -0.25) is 9.59 Å². The number of hydrogen-bond acceptors (Lipinski definition) is 6.